The second-order valence-corrected chi connectivity index (χ2v) is 4.05. The van der Waals surface area contributed by atoms with Crippen LogP contribution in [0.4, 0.5) is 0 Å². The van der Waals surface area contributed by atoms with Gasteiger partial charge in [-0.3, -0.25) is 4.79 Å². The summed E-state index contributed by atoms with van der Waals surface area (Å²) in [6.07, 6.45) is 1.37. The Kier molecular flexibility index (Phi) is 2.59. The van der Waals surface area contributed by atoms with Gasteiger partial charge in [0, 0.05) is 11.6 Å². The number of rotatable bonds is 2. The van der Waals surface area contributed by atoms with E-state index in [9.17, 15) is 9.59 Å². The Morgan fingerprint density at radius 3 is 2.95 bits per heavy atom. The fraction of sp³-hybridized carbons (Fsp3) is 0.143. The molecule has 0 spiro atoms. The molecule has 5 heteroatoms. The van der Waals surface area contributed by atoms with E-state index < -0.39 is 11.4 Å². The molecular formula is C14H11NO4. The second kappa shape index (κ2) is 4.28. The van der Waals surface area contributed by atoms with Crippen LogP contribution < -0.4 is 5.43 Å². The van der Waals surface area contributed by atoms with E-state index >= 15 is 0 Å². The maximum absolute atomic E-state index is 12.2. The van der Waals surface area contributed by atoms with Gasteiger partial charge in [0.15, 0.2) is 5.58 Å². The maximum atomic E-state index is 12.2. The summed E-state index contributed by atoms with van der Waals surface area (Å²) in [7, 11) is 0. The molecular weight excluding hydrogens is 246 g/mol. The third-order valence-electron chi connectivity index (χ3n) is 2.90. The molecule has 2 aromatic heterocycles. The maximum Gasteiger partial charge on any atom is 0.343 e. The van der Waals surface area contributed by atoms with Crippen molar-refractivity contribution in [2.75, 3.05) is 6.61 Å². The number of aromatic amines is 1. The molecule has 0 saturated carbocycles. The fourth-order valence-corrected chi connectivity index (χ4v) is 2.04. The summed E-state index contributed by atoms with van der Waals surface area (Å²) in [5.41, 5.74) is 0.837. The highest BCUT2D eigenvalue weighted by Crippen LogP contribution is 2.24. The Balaban J connectivity index is 2.31. The molecule has 0 bridgehead atoms. The molecule has 1 aromatic carbocycles. The minimum Gasteiger partial charge on any atom is -0.462 e. The quantitative estimate of drug-likeness (QED) is 0.716. The lowest BCUT2D eigenvalue weighted by Crippen LogP contribution is -2.17. The molecule has 3 rings (SSSR count). The Morgan fingerprint density at radius 2 is 2.16 bits per heavy atom. The summed E-state index contributed by atoms with van der Waals surface area (Å²) in [5.74, 6) is -0.647. The molecule has 0 radical (unpaired) electrons. The Morgan fingerprint density at radius 1 is 1.37 bits per heavy atom. The number of carbonyl (C=O) groups is 1. The van der Waals surface area contributed by atoms with Crippen LogP contribution in [0.25, 0.3) is 22.1 Å². The lowest BCUT2D eigenvalue weighted by Gasteiger charge is -2.00. The van der Waals surface area contributed by atoms with E-state index in [0.29, 0.717) is 11.1 Å². The molecule has 0 saturated heterocycles. The number of fused-ring (bicyclic) bond motifs is 3. The molecule has 0 amide bonds. The molecule has 0 fully saturated rings. The summed E-state index contributed by atoms with van der Waals surface area (Å²) in [5, 5.41) is 0.810. The van der Waals surface area contributed by atoms with Crippen molar-refractivity contribution < 1.29 is 13.9 Å². The largest absolute Gasteiger partial charge is 0.462 e. The zero-order chi connectivity index (χ0) is 13.4. The molecule has 0 atom stereocenters. The third kappa shape index (κ3) is 1.71. The summed E-state index contributed by atoms with van der Waals surface area (Å²) < 4.78 is 10.3. The van der Waals surface area contributed by atoms with Gasteiger partial charge in [-0.15, -0.1) is 0 Å². The molecule has 96 valence electrons. The predicted octanol–water partition coefficient (Wildman–Crippen LogP) is 2.45. The molecule has 0 aliphatic carbocycles. The number of esters is 1. The summed E-state index contributed by atoms with van der Waals surface area (Å²) >= 11 is 0. The SMILES string of the molecule is CCOC(=O)c1c[nH]c2c(oc3ccccc32)c1=O. The van der Waals surface area contributed by atoms with E-state index in [0.717, 1.165) is 5.39 Å². The van der Waals surface area contributed by atoms with Gasteiger partial charge < -0.3 is 14.1 Å². The van der Waals surface area contributed by atoms with Crippen LogP contribution in [-0.2, 0) is 4.74 Å². The number of hydrogen-bond donors (Lipinski definition) is 1. The van der Waals surface area contributed by atoms with Gasteiger partial charge in [-0.25, -0.2) is 4.79 Å². The number of aromatic nitrogens is 1. The normalized spacial score (nSPS) is 11.0. The first-order valence-electron chi connectivity index (χ1n) is 5.92. The number of pyridine rings is 1. The van der Waals surface area contributed by atoms with E-state index in [1.807, 2.05) is 18.2 Å². The number of benzene rings is 1. The lowest BCUT2D eigenvalue weighted by atomic mass is 10.2. The van der Waals surface area contributed by atoms with Gasteiger partial charge in [0.2, 0.25) is 5.43 Å². The van der Waals surface area contributed by atoms with Crippen molar-refractivity contribution in [3.63, 3.8) is 0 Å². The van der Waals surface area contributed by atoms with Crippen LogP contribution in [-0.4, -0.2) is 17.6 Å². The van der Waals surface area contributed by atoms with Crippen molar-refractivity contribution in [3.05, 3.63) is 46.2 Å². The Labute approximate surface area is 107 Å². The Hall–Kier alpha value is -2.56. The van der Waals surface area contributed by atoms with Crippen LogP contribution in [0.2, 0.25) is 0 Å². The minimum atomic E-state index is -0.647. The smallest absolute Gasteiger partial charge is 0.343 e. The molecule has 0 aliphatic rings. The van der Waals surface area contributed by atoms with Crippen LogP contribution in [0.5, 0.6) is 0 Å². The Bertz CT molecular complexity index is 828. The van der Waals surface area contributed by atoms with E-state index in [-0.39, 0.29) is 17.8 Å². The standard InChI is InChI=1S/C14H11NO4/c1-2-18-14(17)9-7-15-11-8-5-3-4-6-10(8)19-13(11)12(9)16/h3-7H,2H2,1H3,(H,15,16). The number of hydrogen-bond acceptors (Lipinski definition) is 4. The monoisotopic (exact) mass is 257 g/mol. The number of para-hydroxylation sites is 1. The van der Waals surface area contributed by atoms with E-state index in [2.05, 4.69) is 4.98 Å². The van der Waals surface area contributed by atoms with Crippen LogP contribution in [0.3, 0.4) is 0 Å². The average molecular weight is 257 g/mol. The van der Waals surface area contributed by atoms with Crippen LogP contribution in [0.15, 0.2) is 39.7 Å². The summed E-state index contributed by atoms with van der Waals surface area (Å²) in [6, 6.07) is 7.30. The van der Waals surface area contributed by atoms with Gasteiger partial charge in [-0.2, -0.15) is 0 Å². The lowest BCUT2D eigenvalue weighted by molar-refractivity contribution is 0.0524. The number of H-pyrrole nitrogens is 1. The van der Waals surface area contributed by atoms with Crippen LogP contribution in [0.1, 0.15) is 17.3 Å². The fourth-order valence-electron chi connectivity index (χ4n) is 2.04. The molecule has 1 N–H and O–H groups in total. The van der Waals surface area contributed by atoms with Gasteiger partial charge in [0.05, 0.1) is 12.1 Å². The zero-order valence-corrected chi connectivity index (χ0v) is 10.2. The first kappa shape index (κ1) is 11.5. The van der Waals surface area contributed by atoms with Crippen molar-refractivity contribution in [1.82, 2.24) is 4.98 Å². The summed E-state index contributed by atoms with van der Waals surface area (Å²) in [6.45, 7) is 1.91. The summed E-state index contributed by atoms with van der Waals surface area (Å²) in [4.78, 5) is 26.8. The van der Waals surface area contributed by atoms with Crippen molar-refractivity contribution in [2.45, 2.75) is 6.92 Å². The van der Waals surface area contributed by atoms with E-state index in [4.69, 9.17) is 9.15 Å². The van der Waals surface area contributed by atoms with Crippen molar-refractivity contribution in [3.8, 4) is 0 Å². The van der Waals surface area contributed by atoms with Gasteiger partial charge in [0.1, 0.15) is 11.1 Å². The van der Waals surface area contributed by atoms with Gasteiger partial charge >= 0.3 is 5.97 Å². The first-order valence-corrected chi connectivity index (χ1v) is 5.92. The van der Waals surface area contributed by atoms with Gasteiger partial charge in [0.25, 0.3) is 0 Å². The predicted molar refractivity (Wildman–Crippen MR) is 70.3 cm³/mol. The molecule has 5 nitrogen and oxygen atoms in total. The second-order valence-electron chi connectivity index (χ2n) is 4.05. The number of furan rings is 1. The molecule has 3 aromatic rings. The van der Waals surface area contributed by atoms with Crippen LogP contribution in [0, 0.1) is 0 Å². The van der Waals surface area contributed by atoms with E-state index in [1.54, 1.807) is 13.0 Å². The molecule has 0 aliphatic heterocycles. The zero-order valence-electron chi connectivity index (χ0n) is 10.2. The highest BCUT2D eigenvalue weighted by molar-refractivity contribution is 6.04. The molecule has 19 heavy (non-hydrogen) atoms. The number of ether oxygens (including phenoxy) is 1. The first-order chi connectivity index (χ1) is 9.22. The van der Waals surface area contributed by atoms with Crippen molar-refractivity contribution >= 4 is 28.0 Å². The number of carbonyl (C=O) groups excluding carboxylic acids is 1. The third-order valence-corrected chi connectivity index (χ3v) is 2.90. The van der Waals surface area contributed by atoms with Crippen LogP contribution >= 0.6 is 0 Å². The highest BCUT2D eigenvalue weighted by Gasteiger charge is 2.17. The highest BCUT2D eigenvalue weighted by atomic mass is 16.5. The molecule has 0 unspecified atom stereocenters. The average Bonchev–Trinajstić information content (AvgIpc) is 2.79. The van der Waals surface area contributed by atoms with E-state index in [1.165, 1.54) is 6.20 Å². The van der Waals surface area contributed by atoms with Gasteiger partial charge in [-0.05, 0) is 19.1 Å². The van der Waals surface area contributed by atoms with Gasteiger partial charge in [-0.1, -0.05) is 12.1 Å². The van der Waals surface area contributed by atoms with Crippen molar-refractivity contribution in [2.24, 2.45) is 0 Å². The van der Waals surface area contributed by atoms with Crippen molar-refractivity contribution in [1.29, 1.82) is 0 Å². The molecule has 2 heterocycles. The minimum absolute atomic E-state index is 0.0478. The topological polar surface area (TPSA) is 72.3 Å². The number of nitrogens with one attached hydrogen (secondary N) is 1.